The van der Waals surface area contributed by atoms with Crippen LogP contribution in [-0.2, 0) is 4.74 Å². The molecular formula is C22H24O2. The van der Waals surface area contributed by atoms with Crippen LogP contribution in [0.25, 0.3) is 10.8 Å². The Morgan fingerprint density at radius 3 is 2.75 bits per heavy atom. The van der Waals surface area contributed by atoms with Gasteiger partial charge in [0.1, 0.15) is 0 Å². The third-order valence-electron chi connectivity index (χ3n) is 5.57. The van der Waals surface area contributed by atoms with Crippen LogP contribution in [0.2, 0.25) is 0 Å². The van der Waals surface area contributed by atoms with Crippen molar-refractivity contribution >= 4 is 16.7 Å². The molecule has 2 aromatic carbocycles. The molecule has 0 radical (unpaired) electrons. The van der Waals surface area contributed by atoms with Crippen LogP contribution < -0.4 is 0 Å². The van der Waals surface area contributed by atoms with Crippen molar-refractivity contribution in [3.8, 4) is 0 Å². The van der Waals surface area contributed by atoms with E-state index in [0.29, 0.717) is 24.4 Å². The summed E-state index contributed by atoms with van der Waals surface area (Å²) in [6, 6.07) is 12.4. The SMILES string of the molecule is CCCCOC(=O)c1ccc2ccccc2c1C1CC2C=CC1C2. The lowest BCUT2D eigenvalue weighted by Crippen LogP contribution is -2.14. The summed E-state index contributed by atoms with van der Waals surface area (Å²) in [7, 11) is 0. The molecule has 1 fully saturated rings. The Hall–Kier alpha value is -2.09. The predicted molar refractivity (Wildman–Crippen MR) is 97.2 cm³/mol. The molecule has 124 valence electrons. The van der Waals surface area contributed by atoms with Gasteiger partial charge in [-0.05, 0) is 59.4 Å². The monoisotopic (exact) mass is 320 g/mol. The second kappa shape index (κ2) is 6.43. The van der Waals surface area contributed by atoms with E-state index in [0.717, 1.165) is 24.8 Å². The average molecular weight is 320 g/mol. The first kappa shape index (κ1) is 15.4. The van der Waals surface area contributed by atoms with E-state index < -0.39 is 0 Å². The smallest absolute Gasteiger partial charge is 0.338 e. The summed E-state index contributed by atoms with van der Waals surface area (Å²) in [5, 5.41) is 2.43. The lowest BCUT2D eigenvalue weighted by Gasteiger charge is -2.23. The highest BCUT2D eigenvalue weighted by Gasteiger charge is 2.39. The Bertz CT molecular complexity index is 790. The van der Waals surface area contributed by atoms with Crippen LogP contribution in [0.3, 0.4) is 0 Å². The fourth-order valence-electron chi connectivity index (χ4n) is 4.37. The average Bonchev–Trinajstić information content (AvgIpc) is 3.24. The first-order valence-electron chi connectivity index (χ1n) is 9.15. The van der Waals surface area contributed by atoms with Crippen LogP contribution in [-0.4, -0.2) is 12.6 Å². The number of rotatable bonds is 5. The van der Waals surface area contributed by atoms with Gasteiger partial charge in [-0.3, -0.25) is 0 Å². The third-order valence-corrected chi connectivity index (χ3v) is 5.57. The fourth-order valence-corrected chi connectivity index (χ4v) is 4.37. The summed E-state index contributed by atoms with van der Waals surface area (Å²) < 4.78 is 5.54. The van der Waals surface area contributed by atoms with Crippen LogP contribution >= 0.6 is 0 Å². The van der Waals surface area contributed by atoms with Gasteiger partial charge >= 0.3 is 5.97 Å². The van der Waals surface area contributed by atoms with Crippen molar-refractivity contribution in [2.45, 2.75) is 38.5 Å². The number of hydrogen-bond donors (Lipinski definition) is 0. The molecule has 1 saturated carbocycles. The van der Waals surface area contributed by atoms with Crippen LogP contribution in [0.4, 0.5) is 0 Å². The van der Waals surface area contributed by atoms with E-state index in [1.807, 2.05) is 6.07 Å². The molecule has 2 aliphatic carbocycles. The number of ether oxygens (including phenoxy) is 1. The lowest BCUT2D eigenvalue weighted by atomic mass is 9.81. The van der Waals surface area contributed by atoms with Gasteiger partial charge in [0.05, 0.1) is 12.2 Å². The van der Waals surface area contributed by atoms with E-state index in [2.05, 4.69) is 49.4 Å². The quantitative estimate of drug-likeness (QED) is 0.414. The molecule has 4 rings (SSSR count). The lowest BCUT2D eigenvalue weighted by molar-refractivity contribution is 0.0498. The van der Waals surface area contributed by atoms with Gasteiger partial charge in [0.15, 0.2) is 0 Å². The second-order valence-electron chi connectivity index (χ2n) is 7.12. The van der Waals surface area contributed by atoms with Crippen molar-refractivity contribution < 1.29 is 9.53 Å². The largest absolute Gasteiger partial charge is 0.462 e. The van der Waals surface area contributed by atoms with Crippen molar-refractivity contribution in [1.82, 2.24) is 0 Å². The minimum atomic E-state index is -0.157. The molecule has 3 atom stereocenters. The number of hydrogen-bond acceptors (Lipinski definition) is 2. The van der Waals surface area contributed by atoms with Crippen LogP contribution in [0, 0.1) is 11.8 Å². The van der Waals surface area contributed by atoms with Crippen LogP contribution in [0.1, 0.15) is 54.4 Å². The zero-order valence-corrected chi connectivity index (χ0v) is 14.2. The molecule has 0 amide bonds. The molecule has 2 nitrogen and oxygen atoms in total. The number of carbonyl (C=O) groups is 1. The number of unbranched alkanes of at least 4 members (excludes halogenated alkanes) is 1. The van der Waals surface area contributed by atoms with Crippen LogP contribution in [0.5, 0.6) is 0 Å². The molecule has 3 unspecified atom stereocenters. The first-order chi connectivity index (χ1) is 11.8. The van der Waals surface area contributed by atoms with Gasteiger partial charge in [-0.15, -0.1) is 0 Å². The molecule has 2 aliphatic rings. The molecule has 0 N–H and O–H groups in total. The molecule has 2 aromatic rings. The number of esters is 1. The van der Waals surface area contributed by atoms with E-state index >= 15 is 0 Å². The van der Waals surface area contributed by atoms with E-state index in [1.54, 1.807) is 0 Å². The van der Waals surface area contributed by atoms with Gasteiger partial charge in [-0.25, -0.2) is 4.79 Å². The molecule has 0 aromatic heterocycles. The zero-order chi connectivity index (χ0) is 16.5. The Morgan fingerprint density at radius 2 is 2.00 bits per heavy atom. The van der Waals surface area contributed by atoms with Crippen molar-refractivity contribution in [1.29, 1.82) is 0 Å². The number of fused-ring (bicyclic) bond motifs is 3. The molecule has 2 heteroatoms. The molecule has 0 aliphatic heterocycles. The summed E-state index contributed by atoms with van der Waals surface area (Å²) in [4.78, 5) is 12.7. The summed E-state index contributed by atoms with van der Waals surface area (Å²) in [5.74, 6) is 1.54. The molecule has 2 bridgehead atoms. The molecule has 0 saturated heterocycles. The fraction of sp³-hybridized carbons (Fsp3) is 0.409. The normalized spacial score (nSPS) is 24.6. The van der Waals surface area contributed by atoms with Crippen molar-refractivity contribution in [3.05, 3.63) is 59.7 Å². The number of allylic oxidation sites excluding steroid dienone is 2. The van der Waals surface area contributed by atoms with E-state index in [1.165, 1.54) is 22.8 Å². The number of benzene rings is 2. The predicted octanol–water partition coefficient (Wildman–Crippen LogP) is 5.48. The minimum Gasteiger partial charge on any atom is -0.462 e. The summed E-state index contributed by atoms with van der Waals surface area (Å²) in [5.41, 5.74) is 1.99. The van der Waals surface area contributed by atoms with E-state index in [-0.39, 0.29) is 5.97 Å². The highest BCUT2D eigenvalue weighted by atomic mass is 16.5. The van der Waals surface area contributed by atoms with E-state index in [4.69, 9.17) is 4.74 Å². The molecule has 24 heavy (non-hydrogen) atoms. The Morgan fingerprint density at radius 1 is 1.12 bits per heavy atom. The van der Waals surface area contributed by atoms with Gasteiger partial charge in [-0.2, -0.15) is 0 Å². The van der Waals surface area contributed by atoms with Gasteiger partial charge in [-0.1, -0.05) is 55.8 Å². The molecule has 0 spiro atoms. The van der Waals surface area contributed by atoms with E-state index in [9.17, 15) is 4.79 Å². The summed E-state index contributed by atoms with van der Waals surface area (Å²) in [6.07, 6.45) is 9.06. The standard InChI is InChI=1S/C22H24O2/c1-2-3-12-24-22(23)19-11-10-16-6-4-5-7-18(16)21(19)20-14-15-8-9-17(20)13-15/h4-11,15,17,20H,2-3,12-14H2,1H3. The highest BCUT2D eigenvalue weighted by molar-refractivity contribution is 5.99. The minimum absolute atomic E-state index is 0.157. The number of carbonyl (C=O) groups excluding carboxylic acids is 1. The first-order valence-corrected chi connectivity index (χ1v) is 9.15. The van der Waals surface area contributed by atoms with Crippen molar-refractivity contribution in [2.24, 2.45) is 11.8 Å². The molecule has 0 heterocycles. The summed E-state index contributed by atoms with van der Waals surface area (Å²) in [6.45, 7) is 2.62. The maximum absolute atomic E-state index is 12.7. The third kappa shape index (κ3) is 2.64. The highest BCUT2D eigenvalue weighted by Crippen LogP contribution is 2.51. The summed E-state index contributed by atoms with van der Waals surface area (Å²) >= 11 is 0. The van der Waals surface area contributed by atoms with Gasteiger partial charge in [0.25, 0.3) is 0 Å². The Balaban J connectivity index is 1.77. The molecular weight excluding hydrogens is 296 g/mol. The van der Waals surface area contributed by atoms with Gasteiger partial charge < -0.3 is 4.74 Å². The maximum Gasteiger partial charge on any atom is 0.338 e. The maximum atomic E-state index is 12.7. The van der Waals surface area contributed by atoms with Crippen molar-refractivity contribution in [2.75, 3.05) is 6.61 Å². The zero-order valence-electron chi connectivity index (χ0n) is 14.2. The van der Waals surface area contributed by atoms with Crippen molar-refractivity contribution in [3.63, 3.8) is 0 Å². The van der Waals surface area contributed by atoms with Gasteiger partial charge in [0.2, 0.25) is 0 Å². The topological polar surface area (TPSA) is 26.3 Å². The Kier molecular flexibility index (Phi) is 4.13. The second-order valence-corrected chi connectivity index (χ2v) is 7.12. The van der Waals surface area contributed by atoms with Crippen LogP contribution in [0.15, 0.2) is 48.6 Å². The Labute approximate surface area is 143 Å². The van der Waals surface area contributed by atoms with Gasteiger partial charge in [0, 0.05) is 0 Å².